The molecular weight excluding hydrogens is 144 g/mol. The summed E-state index contributed by atoms with van der Waals surface area (Å²) in [5, 5.41) is 1.00. The van der Waals surface area contributed by atoms with Crippen molar-refractivity contribution in [3.63, 3.8) is 0 Å². The third-order valence-electron chi connectivity index (χ3n) is 1.35. The molecule has 0 atom stereocenters. The maximum absolute atomic E-state index is 5.90. The Bertz CT molecular complexity index is 130. The van der Waals surface area contributed by atoms with Gasteiger partial charge >= 0.3 is 0 Å². The second-order valence-electron chi connectivity index (χ2n) is 2.59. The van der Waals surface area contributed by atoms with Gasteiger partial charge in [-0.3, -0.25) is 0 Å². The van der Waals surface area contributed by atoms with Crippen molar-refractivity contribution in [3.8, 4) is 0 Å². The maximum Gasteiger partial charge on any atom is 0.0167 e. The Morgan fingerprint density at radius 1 is 1.50 bits per heavy atom. The molecule has 58 valence electrons. The molecule has 10 heavy (non-hydrogen) atoms. The Hall–Kier alpha value is -0.230. The standard InChI is InChI=1S/C9H15Cl/c1-4-5-6-7-9(10)8(2)3/h4H,1,5-7H2,2-3H3. The van der Waals surface area contributed by atoms with E-state index < -0.39 is 0 Å². The second kappa shape index (κ2) is 5.55. The summed E-state index contributed by atoms with van der Waals surface area (Å²) in [5.74, 6) is 0. The monoisotopic (exact) mass is 158 g/mol. The number of hydrogen-bond acceptors (Lipinski definition) is 0. The maximum atomic E-state index is 5.90. The van der Waals surface area contributed by atoms with Crippen molar-refractivity contribution in [2.75, 3.05) is 0 Å². The molecule has 0 bridgehead atoms. The van der Waals surface area contributed by atoms with Crippen molar-refractivity contribution >= 4 is 11.6 Å². The van der Waals surface area contributed by atoms with Crippen molar-refractivity contribution in [2.24, 2.45) is 0 Å². The summed E-state index contributed by atoms with van der Waals surface area (Å²) in [5.41, 5.74) is 1.23. The lowest BCUT2D eigenvalue weighted by molar-refractivity contribution is 0.853. The van der Waals surface area contributed by atoms with Crippen LogP contribution in [-0.4, -0.2) is 0 Å². The van der Waals surface area contributed by atoms with Crippen molar-refractivity contribution in [1.82, 2.24) is 0 Å². The summed E-state index contributed by atoms with van der Waals surface area (Å²) in [6.07, 6.45) is 5.10. The fraction of sp³-hybridized carbons (Fsp3) is 0.556. The van der Waals surface area contributed by atoms with Crippen LogP contribution < -0.4 is 0 Å². The van der Waals surface area contributed by atoms with Crippen molar-refractivity contribution in [3.05, 3.63) is 23.3 Å². The van der Waals surface area contributed by atoms with Gasteiger partial charge in [-0.2, -0.15) is 0 Å². The normalized spacial score (nSPS) is 9.10. The zero-order valence-electron chi connectivity index (χ0n) is 6.78. The number of rotatable bonds is 4. The molecule has 0 unspecified atom stereocenters. The largest absolute Gasteiger partial charge is 0.103 e. The first-order valence-corrected chi connectivity index (χ1v) is 3.99. The first-order chi connectivity index (χ1) is 4.68. The molecule has 0 fully saturated rings. The van der Waals surface area contributed by atoms with Gasteiger partial charge in [0.05, 0.1) is 0 Å². The first-order valence-electron chi connectivity index (χ1n) is 3.61. The van der Waals surface area contributed by atoms with Crippen LogP contribution in [0.4, 0.5) is 0 Å². The molecule has 0 nitrogen and oxygen atoms in total. The molecule has 0 saturated heterocycles. The Balaban J connectivity index is 3.49. The highest BCUT2D eigenvalue weighted by atomic mass is 35.5. The minimum Gasteiger partial charge on any atom is -0.103 e. The molecule has 0 radical (unpaired) electrons. The van der Waals surface area contributed by atoms with Crippen LogP contribution in [0, 0.1) is 0 Å². The average Bonchev–Trinajstić information content (AvgIpc) is 1.88. The van der Waals surface area contributed by atoms with Crippen LogP contribution in [0.3, 0.4) is 0 Å². The molecular formula is C9H15Cl. The van der Waals surface area contributed by atoms with Gasteiger partial charge in [-0.1, -0.05) is 23.3 Å². The van der Waals surface area contributed by atoms with Gasteiger partial charge in [0.15, 0.2) is 0 Å². The zero-order valence-corrected chi connectivity index (χ0v) is 7.54. The number of hydrogen-bond donors (Lipinski definition) is 0. The van der Waals surface area contributed by atoms with Gasteiger partial charge < -0.3 is 0 Å². The highest BCUT2D eigenvalue weighted by Crippen LogP contribution is 2.15. The van der Waals surface area contributed by atoms with Gasteiger partial charge in [-0.05, 0) is 33.1 Å². The van der Waals surface area contributed by atoms with Crippen LogP contribution in [0.5, 0.6) is 0 Å². The number of halogens is 1. The van der Waals surface area contributed by atoms with E-state index in [1.54, 1.807) is 0 Å². The summed E-state index contributed by atoms with van der Waals surface area (Å²) in [7, 11) is 0. The molecule has 0 heterocycles. The Kier molecular flexibility index (Phi) is 5.42. The van der Waals surface area contributed by atoms with Crippen molar-refractivity contribution in [1.29, 1.82) is 0 Å². The number of unbranched alkanes of at least 4 members (excludes halogenated alkanes) is 1. The smallest absolute Gasteiger partial charge is 0.0167 e. The molecule has 1 heteroatoms. The Morgan fingerprint density at radius 3 is 2.50 bits per heavy atom. The van der Waals surface area contributed by atoms with Gasteiger partial charge in [0.25, 0.3) is 0 Å². The van der Waals surface area contributed by atoms with Gasteiger partial charge in [0.2, 0.25) is 0 Å². The lowest BCUT2D eigenvalue weighted by atomic mass is 10.2. The van der Waals surface area contributed by atoms with E-state index in [2.05, 4.69) is 6.58 Å². The Labute approximate surface area is 68.6 Å². The van der Waals surface area contributed by atoms with E-state index in [9.17, 15) is 0 Å². The van der Waals surface area contributed by atoms with Crippen molar-refractivity contribution < 1.29 is 0 Å². The summed E-state index contributed by atoms with van der Waals surface area (Å²) >= 11 is 5.90. The molecule has 0 amide bonds. The molecule has 0 aromatic heterocycles. The SMILES string of the molecule is C=CCCCC(Cl)=C(C)C. The highest BCUT2D eigenvalue weighted by Gasteiger charge is 1.92. The lowest BCUT2D eigenvalue weighted by Gasteiger charge is -1.98. The highest BCUT2D eigenvalue weighted by molar-refractivity contribution is 6.29. The van der Waals surface area contributed by atoms with Crippen LogP contribution in [-0.2, 0) is 0 Å². The molecule has 0 aliphatic heterocycles. The quantitative estimate of drug-likeness (QED) is 0.431. The van der Waals surface area contributed by atoms with Crippen LogP contribution in [0.15, 0.2) is 23.3 Å². The van der Waals surface area contributed by atoms with E-state index >= 15 is 0 Å². The van der Waals surface area contributed by atoms with E-state index in [1.165, 1.54) is 5.57 Å². The third kappa shape index (κ3) is 4.63. The summed E-state index contributed by atoms with van der Waals surface area (Å²) < 4.78 is 0. The molecule has 0 aliphatic rings. The molecule has 0 saturated carbocycles. The van der Waals surface area contributed by atoms with E-state index in [4.69, 9.17) is 11.6 Å². The predicted octanol–water partition coefficient (Wildman–Crippen LogP) is 3.88. The molecule has 0 rings (SSSR count). The fourth-order valence-corrected chi connectivity index (χ4v) is 0.785. The van der Waals surface area contributed by atoms with Gasteiger partial charge in [-0.15, -0.1) is 6.58 Å². The molecule has 0 spiro atoms. The number of allylic oxidation sites excluding steroid dienone is 3. The summed E-state index contributed by atoms with van der Waals surface area (Å²) in [6, 6.07) is 0. The molecule has 0 aromatic carbocycles. The van der Waals surface area contributed by atoms with E-state index in [0.29, 0.717) is 0 Å². The zero-order chi connectivity index (χ0) is 7.98. The third-order valence-corrected chi connectivity index (χ3v) is 1.91. The average molecular weight is 159 g/mol. The fourth-order valence-electron chi connectivity index (χ4n) is 0.652. The van der Waals surface area contributed by atoms with Crippen LogP contribution in [0.2, 0.25) is 0 Å². The van der Waals surface area contributed by atoms with E-state index in [0.717, 1.165) is 24.3 Å². The van der Waals surface area contributed by atoms with Crippen molar-refractivity contribution in [2.45, 2.75) is 33.1 Å². The van der Waals surface area contributed by atoms with E-state index in [1.807, 2.05) is 19.9 Å². The van der Waals surface area contributed by atoms with Crippen LogP contribution in [0.25, 0.3) is 0 Å². The summed E-state index contributed by atoms with van der Waals surface area (Å²) in [4.78, 5) is 0. The Morgan fingerprint density at radius 2 is 2.10 bits per heavy atom. The molecule has 0 aromatic rings. The minimum absolute atomic E-state index is 0.996. The topological polar surface area (TPSA) is 0 Å². The predicted molar refractivity (Wildman–Crippen MR) is 48.3 cm³/mol. The van der Waals surface area contributed by atoms with Gasteiger partial charge in [0.1, 0.15) is 0 Å². The van der Waals surface area contributed by atoms with Gasteiger partial charge in [-0.25, -0.2) is 0 Å². The lowest BCUT2D eigenvalue weighted by Crippen LogP contribution is -1.77. The van der Waals surface area contributed by atoms with Gasteiger partial charge in [0, 0.05) is 5.03 Å². The summed E-state index contributed by atoms with van der Waals surface area (Å²) in [6.45, 7) is 7.72. The van der Waals surface area contributed by atoms with E-state index in [-0.39, 0.29) is 0 Å². The molecule has 0 N–H and O–H groups in total. The van der Waals surface area contributed by atoms with Crippen LogP contribution >= 0.6 is 11.6 Å². The first kappa shape index (κ1) is 9.77. The second-order valence-corrected chi connectivity index (χ2v) is 3.04. The minimum atomic E-state index is 0.996. The van der Waals surface area contributed by atoms with Crippen LogP contribution in [0.1, 0.15) is 33.1 Å². The molecule has 0 aliphatic carbocycles.